The van der Waals surface area contributed by atoms with E-state index in [1.807, 2.05) is 6.92 Å². The second-order valence-corrected chi connectivity index (χ2v) is 5.61. The molecule has 1 saturated carbocycles. The van der Waals surface area contributed by atoms with Crippen LogP contribution in [0.15, 0.2) is 5.11 Å². The van der Waals surface area contributed by atoms with Gasteiger partial charge in [-0.15, -0.1) is 0 Å². The van der Waals surface area contributed by atoms with Gasteiger partial charge in [0, 0.05) is 12.1 Å². The van der Waals surface area contributed by atoms with Gasteiger partial charge in [-0.2, -0.15) is 18.3 Å². The van der Waals surface area contributed by atoms with Crippen molar-refractivity contribution in [2.45, 2.75) is 39.9 Å². The Morgan fingerprint density at radius 1 is 1.17 bits per heavy atom. The SMILES string of the molecule is C[C@@H]1[C@H](C)[C@H](C)C(C)(C(F)(F)F)C(N=N)[C@@H]1C=N. The summed E-state index contributed by atoms with van der Waals surface area (Å²) in [5, 5.41) is 10.6. The van der Waals surface area contributed by atoms with Crippen molar-refractivity contribution in [3.63, 3.8) is 0 Å². The van der Waals surface area contributed by atoms with Crippen LogP contribution in [0.5, 0.6) is 0 Å². The van der Waals surface area contributed by atoms with Gasteiger partial charge in [-0.25, -0.2) is 5.53 Å². The molecule has 0 aliphatic heterocycles. The van der Waals surface area contributed by atoms with E-state index in [0.717, 1.165) is 13.1 Å². The minimum Gasteiger partial charge on any atom is -0.313 e. The Hall–Kier alpha value is -0.940. The van der Waals surface area contributed by atoms with Crippen molar-refractivity contribution in [1.29, 1.82) is 10.9 Å². The number of alkyl halides is 3. The van der Waals surface area contributed by atoms with Crippen LogP contribution in [0.2, 0.25) is 0 Å². The molecule has 3 nitrogen and oxygen atoms in total. The van der Waals surface area contributed by atoms with Crippen LogP contribution in [-0.4, -0.2) is 18.4 Å². The molecule has 2 N–H and O–H groups in total. The van der Waals surface area contributed by atoms with E-state index in [-0.39, 0.29) is 11.8 Å². The molecule has 0 amide bonds. The van der Waals surface area contributed by atoms with Crippen LogP contribution in [0.3, 0.4) is 0 Å². The second-order valence-electron chi connectivity index (χ2n) is 5.61. The van der Waals surface area contributed by atoms with Gasteiger partial charge in [0.1, 0.15) is 0 Å². The molecule has 6 heteroatoms. The Morgan fingerprint density at radius 2 is 1.67 bits per heavy atom. The first-order valence-electron chi connectivity index (χ1n) is 6.06. The van der Waals surface area contributed by atoms with Crippen molar-refractivity contribution < 1.29 is 13.2 Å². The molecule has 0 saturated heterocycles. The van der Waals surface area contributed by atoms with E-state index in [1.165, 1.54) is 0 Å². The quantitative estimate of drug-likeness (QED) is 0.555. The lowest BCUT2D eigenvalue weighted by Crippen LogP contribution is -2.59. The topological polar surface area (TPSA) is 60.1 Å². The van der Waals surface area contributed by atoms with Crippen molar-refractivity contribution in [3.05, 3.63) is 0 Å². The Balaban J connectivity index is 3.37. The molecular weight excluding hydrogens is 243 g/mol. The maximum Gasteiger partial charge on any atom is 0.396 e. The zero-order valence-corrected chi connectivity index (χ0v) is 11.0. The maximum absolute atomic E-state index is 13.4. The predicted molar refractivity (Wildman–Crippen MR) is 62.9 cm³/mol. The third kappa shape index (κ3) is 1.86. The number of hydrogen-bond acceptors (Lipinski definition) is 3. The minimum absolute atomic E-state index is 0.0768. The van der Waals surface area contributed by atoms with Crippen LogP contribution < -0.4 is 0 Å². The average Bonchev–Trinajstić information content (AvgIpc) is 2.29. The number of nitrogens with one attached hydrogen (secondary N) is 2. The molecule has 0 aromatic carbocycles. The van der Waals surface area contributed by atoms with Crippen LogP contribution in [0.4, 0.5) is 13.2 Å². The summed E-state index contributed by atoms with van der Waals surface area (Å²) in [7, 11) is 0. The van der Waals surface area contributed by atoms with E-state index in [2.05, 4.69) is 5.11 Å². The van der Waals surface area contributed by atoms with Crippen LogP contribution in [0.25, 0.3) is 0 Å². The van der Waals surface area contributed by atoms with Crippen LogP contribution in [-0.2, 0) is 0 Å². The molecule has 1 aliphatic carbocycles. The molecule has 0 aromatic rings. The predicted octanol–water partition coefficient (Wildman–Crippen LogP) is 4.14. The Labute approximate surface area is 105 Å². The molecule has 18 heavy (non-hydrogen) atoms. The summed E-state index contributed by atoms with van der Waals surface area (Å²) in [5.41, 5.74) is 5.10. The highest BCUT2D eigenvalue weighted by Crippen LogP contribution is 2.57. The zero-order valence-electron chi connectivity index (χ0n) is 11.0. The van der Waals surface area contributed by atoms with Crippen molar-refractivity contribution >= 4 is 6.21 Å². The number of nitrogens with zero attached hydrogens (tertiary/aromatic N) is 1. The molecule has 0 radical (unpaired) electrons. The molecule has 0 aromatic heterocycles. The van der Waals surface area contributed by atoms with Gasteiger partial charge in [-0.1, -0.05) is 20.8 Å². The molecule has 1 rings (SSSR count). The molecule has 104 valence electrons. The fraction of sp³-hybridized carbons (Fsp3) is 0.917. The van der Waals surface area contributed by atoms with Gasteiger partial charge in [0.2, 0.25) is 0 Å². The van der Waals surface area contributed by atoms with Gasteiger partial charge in [0.25, 0.3) is 0 Å². The summed E-state index contributed by atoms with van der Waals surface area (Å²) in [6.45, 7) is 6.34. The minimum atomic E-state index is -4.42. The second kappa shape index (κ2) is 4.63. The fourth-order valence-electron chi connectivity index (χ4n) is 3.20. The van der Waals surface area contributed by atoms with Gasteiger partial charge in [0.15, 0.2) is 0 Å². The van der Waals surface area contributed by atoms with Crippen molar-refractivity contribution in [1.82, 2.24) is 0 Å². The first-order valence-corrected chi connectivity index (χ1v) is 6.06. The van der Waals surface area contributed by atoms with E-state index >= 15 is 0 Å². The van der Waals surface area contributed by atoms with E-state index < -0.39 is 29.5 Å². The molecular formula is C12H20F3N3. The molecule has 6 atom stereocenters. The van der Waals surface area contributed by atoms with Crippen LogP contribution >= 0.6 is 0 Å². The largest absolute Gasteiger partial charge is 0.396 e. The Kier molecular flexibility index (Phi) is 3.89. The monoisotopic (exact) mass is 263 g/mol. The van der Waals surface area contributed by atoms with Gasteiger partial charge in [0.05, 0.1) is 11.5 Å². The highest BCUT2D eigenvalue weighted by atomic mass is 19.4. The van der Waals surface area contributed by atoms with Crippen molar-refractivity contribution in [2.75, 3.05) is 0 Å². The normalized spacial score (nSPS) is 45.6. The van der Waals surface area contributed by atoms with Crippen molar-refractivity contribution in [2.24, 2.45) is 34.2 Å². The van der Waals surface area contributed by atoms with Gasteiger partial charge in [-0.05, 0) is 24.7 Å². The lowest BCUT2D eigenvalue weighted by atomic mass is 9.54. The lowest BCUT2D eigenvalue weighted by molar-refractivity contribution is -0.263. The summed E-state index contributed by atoms with van der Waals surface area (Å²) >= 11 is 0. The molecule has 1 aliphatic rings. The summed E-state index contributed by atoms with van der Waals surface area (Å²) in [4.78, 5) is 0. The molecule has 0 bridgehead atoms. The fourth-order valence-corrected chi connectivity index (χ4v) is 3.20. The van der Waals surface area contributed by atoms with Gasteiger partial charge >= 0.3 is 6.18 Å². The van der Waals surface area contributed by atoms with Gasteiger partial charge in [-0.3, -0.25) is 0 Å². The number of halogens is 3. The summed E-state index contributed by atoms with van der Waals surface area (Å²) < 4.78 is 40.2. The first kappa shape index (κ1) is 15.1. The van der Waals surface area contributed by atoms with Gasteiger partial charge < -0.3 is 5.41 Å². The van der Waals surface area contributed by atoms with Crippen LogP contribution in [0, 0.1) is 40.0 Å². The Morgan fingerprint density at radius 3 is 2.00 bits per heavy atom. The Bertz CT molecular complexity index is 342. The summed E-state index contributed by atoms with van der Waals surface area (Å²) in [6, 6.07) is -1.20. The first-order chi connectivity index (χ1) is 8.12. The summed E-state index contributed by atoms with van der Waals surface area (Å²) in [5.74, 6) is -1.49. The average molecular weight is 263 g/mol. The van der Waals surface area contributed by atoms with E-state index in [1.54, 1.807) is 13.8 Å². The van der Waals surface area contributed by atoms with E-state index in [9.17, 15) is 13.2 Å². The molecule has 0 heterocycles. The smallest absolute Gasteiger partial charge is 0.313 e. The maximum atomic E-state index is 13.4. The highest BCUT2D eigenvalue weighted by molar-refractivity contribution is 5.59. The third-order valence-corrected chi connectivity index (χ3v) is 5.09. The lowest BCUT2D eigenvalue weighted by Gasteiger charge is -2.52. The third-order valence-electron chi connectivity index (χ3n) is 5.09. The zero-order chi connectivity index (χ0) is 14.3. The van der Waals surface area contributed by atoms with E-state index in [0.29, 0.717) is 0 Å². The van der Waals surface area contributed by atoms with Crippen molar-refractivity contribution in [3.8, 4) is 0 Å². The molecule has 0 spiro atoms. The molecule has 2 unspecified atom stereocenters. The van der Waals surface area contributed by atoms with E-state index in [4.69, 9.17) is 10.9 Å². The summed E-state index contributed by atoms with van der Waals surface area (Å²) in [6.07, 6.45) is -3.39. The van der Waals surface area contributed by atoms with Crippen LogP contribution in [0.1, 0.15) is 27.7 Å². The molecule has 1 fully saturated rings. The standard InChI is InChI=1S/C12H20F3N3/c1-6-7(2)9(5-16)10(18-17)11(4,8(6)3)12(13,14)15/h5-10,16-17H,1-4H3/t6-,7+,8-,9+,10?,11?/m0/s1. The number of hydrogen-bond donors (Lipinski definition) is 2. The highest BCUT2D eigenvalue weighted by Gasteiger charge is 2.65. The number of rotatable bonds is 2.